The highest BCUT2D eigenvalue weighted by atomic mass is 19.1. The summed E-state index contributed by atoms with van der Waals surface area (Å²) < 4.78 is 19.9. The van der Waals surface area contributed by atoms with Gasteiger partial charge in [0.05, 0.1) is 6.42 Å². The van der Waals surface area contributed by atoms with E-state index in [-0.39, 0.29) is 41.9 Å². The molecule has 4 N–H and O–H groups in total. The Hall–Kier alpha value is -4.27. The second-order valence-corrected chi connectivity index (χ2v) is 8.29. The number of nitrogen functional groups attached to an aromatic ring is 1. The molecule has 34 heavy (non-hydrogen) atoms. The number of carbonyl (C=O) groups excluding carboxylic acids is 2. The van der Waals surface area contributed by atoms with E-state index < -0.39 is 5.91 Å². The van der Waals surface area contributed by atoms with E-state index in [1.54, 1.807) is 47.1 Å². The van der Waals surface area contributed by atoms with E-state index in [9.17, 15) is 14.0 Å². The van der Waals surface area contributed by atoms with Gasteiger partial charge in [-0.15, -0.1) is 0 Å². The van der Waals surface area contributed by atoms with Crippen LogP contribution in [-0.4, -0.2) is 26.6 Å². The number of nitrogens with two attached hydrogens (primary N) is 2. The Morgan fingerprint density at radius 1 is 1.03 bits per heavy atom. The minimum absolute atomic E-state index is 0.0385. The third kappa shape index (κ3) is 4.73. The van der Waals surface area contributed by atoms with Gasteiger partial charge in [-0.05, 0) is 43.7 Å². The maximum Gasteiger partial charge on any atom is 0.254 e. The summed E-state index contributed by atoms with van der Waals surface area (Å²) in [5.41, 5.74) is 14.9. The van der Waals surface area contributed by atoms with Crippen molar-refractivity contribution in [1.29, 1.82) is 0 Å². The number of carbonyl (C=O) groups is 2. The molecule has 4 aromatic rings. The number of primary amides is 1. The number of anilines is 1. The Bertz CT molecular complexity index is 1340. The fourth-order valence-electron chi connectivity index (χ4n) is 3.70. The number of amides is 1. The Balaban J connectivity index is 1.45. The Morgan fingerprint density at radius 3 is 2.29 bits per heavy atom. The molecule has 0 fully saturated rings. The zero-order valence-corrected chi connectivity index (χ0v) is 18.8. The molecule has 8 nitrogen and oxygen atoms in total. The van der Waals surface area contributed by atoms with Crippen LogP contribution in [0.15, 0.2) is 59.1 Å². The minimum atomic E-state index is -0.647. The molecule has 0 aliphatic heterocycles. The summed E-state index contributed by atoms with van der Waals surface area (Å²) in [6.07, 6.45) is 0.273. The summed E-state index contributed by atoms with van der Waals surface area (Å²) in [5, 5.41) is 8.42. The number of benzene rings is 2. The molecule has 174 valence electrons. The van der Waals surface area contributed by atoms with Crippen LogP contribution in [0.1, 0.15) is 41.6 Å². The first-order valence-corrected chi connectivity index (χ1v) is 10.7. The lowest BCUT2D eigenvalue weighted by molar-refractivity contribution is -0.118. The van der Waals surface area contributed by atoms with Crippen LogP contribution in [0.5, 0.6) is 0 Å². The van der Waals surface area contributed by atoms with Gasteiger partial charge < -0.3 is 16.0 Å². The zero-order chi connectivity index (χ0) is 24.4. The molecule has 2 aromatic heterocycles. The minimum Gasteiger partial charge on any atom is -0.383 e. The lowest BCUT2D eigenvalue weighted by atomic mass is 10.0. The number of halogens is 1. The molecule has 0 radical (unpaired) electrons. The van der Waals surface area contributed by atoms with Crippen LogP contribution >= 0.6 is 0 Å². The van der Waals surface area contributed by atoms with Gasteiger partial charge in [0, 0.05) is 29.7 Å². The number of aromatic nitrogens is 3. The van der Waals surface area contributed by atoms with E-state index in [4.69, 9.17) is 16.0 Å². The summed E-state index contributed by atoms with van der Waals surface area (Å²) in [7, 11) is 0. The highest BCUT2D eigenvalue weighted by Gasteiger charge is 2.22. The van der Waals surface area contributed by atoms with E-state index in [1.807, 2.05) is 13.8 Å². The smallest absolute Gasteiger partial charge is 0.254 e. The van der Waals surface area contributed by atoms with Gasteiger partial charge in [-0.3, -0.25) is 9.59 Å². The molecule has 2 heterocycles. The maximum atomic E-state index is 13.1. The number of ketones is 1. The quantitative estimate of drug-likeness (QED) is 0.408. The van der Waals surface area contributed by atoms with Crippen molar-refractivity contribution in [3.05, 3.63) is 77.3 Å². The Kier molecular flexibility index (Phi) is 6.27. The zero-order valence-electron chi connectivity index (χ0n) is 18.8. The van der Waals surface area contributed by atoms with Crippen LogP contribution in [0, 0.1) is 5.82 Å². The summed E-state index contributed by atoms with van der Waals surface area (Å²) in [4.78, 5) is 24.5. The molecular formula is C25H24FN5O3. The number of nitrogens with zero attached hydrogens (tertiary/aromatic N) is 3. The third-order valence-electron chi connectivity index (χ3n) is 5.38. The summed E-state index contributed by atoms with van der Waals surface area (Å²) >= 11 is 0. The van der Waals surface area contributed by atoms with E-state index in [0.717, 1.165) is 5.56 Å². The molecular weight excluding hydrogens is 437 g/mol. The molecule has 2 aromatic carbocycles. The molecule has 0 bridgehead atoms. The third-order valence-corrected chi connectivity index (χ3v) is 5.38. The van der Waals surface area contributed by atoms with Gasteiger partial charge >= 0.3 is 0 Å². The normalized spacial score (nSPS) is 11.2. The van der Waals surface area contributed by atoms with Crippen LogP contribution in [0.2, 0.25) is 0 Å². The van der Waals surface area contributed by atoms with Crippen LogP contribution in [0.4, 0.5) is 10.2 Å². The van der Waals surface area contributed by atoms with Gasteiger partial charge in [-0.2, -0.15) is 5.10 Å². The highest BCUT2D eigenvalue weighted by molar-refractivity contribution is 6.03. The first-order chi connectivity index (χ1) is 16.2. The van der Waals surface area contributed by atoms with Gasteiger partial charge in [0.2, 0.25) is 0 Å². The monoisotopic (exact) mass is 461 g/mol. The average Bonchev–Trinajstić information content (AvgIpc) is 3.39. The van der Waals surface area contributed by atoms with E-state index in [0.29, 0.717) is 28.3 Å². The van der Waals surface area contributed by atoms with Gasteiger partial charge in [0.25, 0.3) is 5.91 Å². The van der Waals surface area contributed by atoms with Crippen molar-refractivity contribution in [2.45, 2.75) is 32.7 Å². The topological polar surface area (TPSA) is 130 Å². The molecule has 0 aliphatic carbocycles. The molecule has 0 aliphatic rings. The van der Waals surface area contributed by atoms with Crippen molar-refractivity contribution >= 4 is 17.5 Å². The first kappa shape index (κ1) is 22.9. The van der Waals surface area contributed by atoms with Crippen molar-refractivity contribution in [3.8, 4) is 22.5 Å². The van der Waals surface area contributed by atoms with E-state index >= 15 is 0 Å². The molecule has 0 unspecified atom stereocenters. The summed E-state index contributed by atoms with van der Waals surface area (Å²) in [6.45, 7) is 3.81. The van der Waals surface area contributed by atoms with E-state index in [1.165, 1.54) is 12.1 Å². The van der Waals surface area contributed by atoms with Crippen molar-refractivity contribution in [3.63, 3.8) is 0 Å². The van der Waals surface area contributed by atoms with Crippen LogP contribution < -0.4 is 11.5 Å². The SMILES string of the molecule is CC(C)n1nc(-c2ccc(CC(=O)Cc3cc(-c4ccc(F)cc4)no3)cc2)c(C(N)=O)c1N. The molecule has 0 atom stereocenters. The second-order valence-electron chi connectivity index (χ2n) is 8.29. The van der Waals surface area contributed by atoms with Crippen molar-refractivity contribution in [2.75, 3.05) is 5.73 Å². The van der Waals surface area contributed by atoms with Gasteiger partial charge in [0.1, 0.15) is 40.1 Å². The van der Waals surface area contributed by atoms with Crippen molar-refractivity contribution < 1.29 is 18.5 Å². The number of rotatable bonds is 8. The van der Waals surface area contributed by atoms with Gasteiger partial charge in [-0.25, -0.2) is 9.07 Å². The Labute approximate surface area is 195 Å². The molecule has 0 saturated heterocycles. The standard InChI is InChI=1S/C25H24FN5O3/c1-14(2)31-24(27)22(25(28)33)23(29-31)17-5-3-15(4-6-17)11-19(32)12-20-13-21(30-34-20)16-7-9-18(26)10-8-16/h3-10,13-14H,11-12,27H2,1-2H3,(H2,28,33). The Morgan fingerprint density at radius 2 is 1.68 bits per heavy atom. The fourth-order valence-corrected chi connectivity index (χ4v) is 3.70. The molecule has 0 spiro atoms. The van der Waals surface area contributed by atoms with Gasteiger partial charge in [-0.1, -0.05) is 29.4 Å². The molecule has 1 amide bonds. The average molecular weight is 461 g/mol. The predicted molar refractivity (Wildman–Crippen MR) is 125 cm³/mol. The van der Waals surface area contributed by atoms with E-state index in [2.05, 4.69) is 10.3 Å². The largest absolute Gasteiger partial charge is 0.383 e. The number of Topliss-reactive ketones (excluding diaryl/α,β-unsaturated/α-hetero) is 1. The lowest BCUT2D eigenvalue weighted by Crippen LogP contribution is -2.15. The number of hydrogen-bond donors (Lipinski definition) is 2. The molecule has 9 heteroatoms. The van der Waals surface area contributed by atoms with Gasteiger partial charge in [0.15, 0.2) is 0 Å². The van der Waals surface area contributed by atoms with Crippen LogP contribution in [-0.2, 0) is 17.6 Å². The molecule has 4 rings (SSSR count). The summed E-state index contributed by atoms with van der Waals surface area (Å²) in [5.74, 6) is -0.381. The van der Waals surface area contributed by atoms with Crippen LogP contribution in [0.3, 0.4) is 0 Å². The summed E-state index contributed by atoms with van der Waals surface area (Å²) in [6, 6.07) is 14.7. The first-order valence-electron chi connectivity index (χ1n) is 10.7. The van der Waals surface area contributed by atoms with Crippen molar-refractivity contribution in [2.24, 2.45) is 5.73 Å². The van der Waals surface area contributed by atoms with Crippen molar-refractivity contribution in [1.82, 2.24) is 14.9 Å². The molecule has 0 saturated carbocycles. The fraction of sp³-hybridized carbons (Fsp3) is 0.200. The number of hydrogen-bond acceptors (Lipinski definition) is 6. The maximum absolute atomic E-state index is 13.1. The van der Waals surface area contributed by atoms with Crippen LogP contribution in [0.25, 0.3) is 22.5 Å². The predicted octanol–water partition coefficient (Wildman–Crippen LogP) is 3.96. The highest BCUT2D eigenvalue weighted by Crippen LogP contribution is 2.29. The second kappa shape index (κ2) is 9.30. The lowest BCUT2D eigenvalue weighted by Gasteiger charge is -2.06.